The van der Waals surface area contributed by atoms with Crippen LogP contribution in [0.4, 0.5) is 0 Å². The molecule has 0 radical (unpaired) electrons. The molecule has 4 heteroatoms. The van der Waals surface area contributed by atoms with E-state index in [-0.39, 0.29) is 5.91 Å². The van der Waals surface area contributed by atoms with E-state index in [9.17, 15) is 4.79 Å². The first-order chi connectivity index (χ1) is 12.7. The number of hydrogen-bond donors (Lipinski definition) is 1. The Kier molecular flexibility index (Phi) is 5.54. The molecule has 4 nitrogen and oxygen atoms in total. The van der Waals surface area contributed by atoms with Crippen LogP contribution < -0.4 is 14.8 Å². The lowest BCUT2D eigenvalue weighted by Gasteiger charge is -2.13. The minimum absolute atomic E-state index is 0.130. The zero-order valence-electron chi connectivity index (χ0n) is 14.9. The predicted molar refractivity (Wildman–Crippen MR) is 103 cm³/mol. The summed E-state index contributed by atoms with van der Waals surface area (Å²) in [5, 5.41) is 2.98. The van der Waals surface area contributed by atoms with Crippen molar-refractivity contribution in [2.75, 3.05) is 14.2 Å². The summed E-state index contributed by atoms with van der Waals surface area (Å²) >= 11 is 0. The molecule has 0 aromatic heterocycles. The zero-order chi connectivity index (χ0) is 18.4. The van der Waals surface area contributed by atoms with Gasteiger partial charge in [0, 0.05) is 17.7 Å². The number of carbonyl (C=O) groups excluding carboxylic acids is 1. The van der Waals surface area contributed by atoms with Crippen LogP contribution in [-0.4, -0.2) is 20.1 Å². The molecule has 0 aliphatic carbocycles. The van der Waals surface area contributed by atoms with Crippen molar-refractivity contribution in [2.24, 2.45) is 0 Å². The molecule has 0 atom stereocenters. The zero-order valence-corrected chi connectivity index (χ0v) is 14.9. The average Bonchev–Trinajstić information content (AvgIpc) is 2.72. The maximum absolute atomic E-state index is 12.8. The Balaban J connectivity index is 1.82. The fourth-order valence-corrected chi connectivity index (χ4v) is 2.84. The Bertz CT molecular complexity index is 891. The summed E-state index contributed by atoms with van der Waals surface area (Å²) in [6.45, 7) is 0.350. The molecule has 0 unspecified atom stereocenters. The highest BCUT2D eigenvalue weighted by Gasteiger charge is 2.13. The van der Waals surface area contributed by atoms with Gasteiger partial charge in [0.05, 0.1) is 14.2 Å². The van der Waals surface area contributed by atoms with Gasteiger partial charge >= 0.3 is 0 Å². The summed E-state index contributed by atoms with van der Waals surface area (Å²) in [5.74, 6) is 1.30. The Hall–Kier alpha value is -3.27. The van der Waals surface area contributed by atoms with Gasteiger partial charge in [0.1, 0.15) is 11.5 Å². The molecule has 0 saturated carbocycles. The van der Waals surface area contributed by atoms with Crippen LogP contribution in [0.2, 0.25) is 0 Å². The fraction of sp³-hybridized carbons (Fsp3) is 0.136. The summed E-state index contributed by atoms with van der Waals surface area (Å²) in [4.78, 5) is 12.8. The summed E-state index contributed by atoms with van der Waals surface area (Å²) in [5.41, 5.74) is 3.42. The number of nitrogens with one attached hydrogen (secondary N) is 1. The summed E-state index contributed by atoms with van der Waals surface area (Å²) in [7, 11) is 3.22. The topological polar surface area (TPSA) is 47.6 Å². The van der Waals surface area contributed by atoms with Crippen LogP contribution in [0.15, 0.2) is 72.8 Å². The van der Waals surface area contributed by atoms with Gasteiger partial charge in [-0.05, 0) is 35.4 Å². The van der Waals surface area contributed by atoms with E-state index in [2.05, 4.69) is 5.32 Å². The monoisotopic (exact) mass is 347 g/mol. The second-order valence-electron chi connectivity index (χ2n) is 5.77. The quantitative estimate of drug-likeness (QED) is 0.723. The molecule has 0 bridgehead atoms. The van der Waals surface area contributed by atoms with E-state index in [1.54, 1.807) is 14.2 Å². The smallest absolute Gasteiger partial charge is 0.252 e. The van der Waals surface area contributed by atoms with Crippen LogP contribution >= 0.6 is 0 Å². The molecule has 3 aromatic carbocycles. The van der Waals surface area contributed by atoms with Crippen LogP contribution in [0.3, 0.4) is 0 Å². The molecule has 0 aliphatic rings. The molecule has 3 aromatic rings. The van der Waals surface area contributed by atoms with Crippen molar-refractivity contribution >= 4 is 5.91 Å². The van der Waals surface area contributed by atoms with E-state index in [1.165, 1.54) is 0 Å². The number of ether oxygens (including phenoxy) is 2. The molecule has 0 fully saturated rings. The Morgan fingerprint density at radius 3 is 2.35 bits per heavy atom. The van der Waals surface area contributed by atoms with Gasteiger partial charge in [-0.15, -0.1) is 0 Å². The predicted octanol–water partition coefficient (Wildman–Crippen LogP) is 4.30. The van der Waals surface area contributed by atoms with Crippen molar-refractivity contribution in [1.82, 2.24) is 5.32 Å². The van der Waals surface area contributed by atoms with Crippen LogP contribution in [0.5, 0.6) is 11.5 Å². The molecule has 1 amide bonds. The Morgan fingerprint density at radius 2 is 1.62 bits per heavy atom. The number of amides is 1. The van der Waals surface area contributed by atoms with Gasteiger partial charge in [-0.2, -0.15) is 0 Å². The van der Waals surface area contributed by atoms with Crippen LogP contribution in [-0.2, 0) is 6.54 Å². The summed E-state index contributed by atoms with van der Waals surface area (Å²) in [6.07, 6.45) is 0. The third-order valence-electron chi connectivity index (χ3n) is 4.18. The third kappa shape index (κ3) is 3.86. The molecule has 1 N–H and O–H groups in total. The minimum Gasteiger partial charge on any atom is -0.497 e. The first kappa shape index (κ1) is 17.5. The minimum atomic E-state index is -0.130. The van der Waals surface area contributed by atoms with Crippen LogP contribution in [0.1, 0.15) is 15.9 Å². The fourth-order valence-electron chi connectivity index (χ4n) is 2.84. The van der Waals surface area contributed by atoms with Gasteiger partial charge in [0.15, 0.2) is 0 Å². The standard InChI is InChI=1S/C22H21NO3/c1-25-18-12-13-21(26-2)17(14-18)15-23-22(24)20-11-7-6-10-19(20)16-8-4-3-5-9-16/h3-14H,15H2,1-2H3,(H,23,24). The first-order valence-corrected chi connectivity index (χ1v) is 8.36. The SMILES string of the molecule is COc1ccc(OC)c(CNC(=O)c2ccccc2-c2ccccc2)c1. The van der Waals surface area contributed by atoms with Crippen molar-refractivity contribution in [1.29, 1.82) is 0 Å². The molecule has 0 spiro atoms. The normalized spacial score (nSPS) is 10.2. The van der Waals surface area contributed by atoms with Crippen molar-refractivity contribution in [3.05, 3.63) is 83.9 Å². The number of rotatable bonds is 6. The molecule has 3 rings (SSSR count). The average molecular weight is 347 g/mol. The molecule has 0 saturated heterocycles. The second-order valence-corrected chi connectivity index (χ2v) is 5.77. The highest BCUT2D eigenvalue weighted by atomic mass is 16.5. The molecular formula is C22H21NO3. The van der Waals surface area contributed by atoms with Crippen molar-refractivity contribution in [3.8, 4) is 22.6 Å². The van der Waals surface area contributed by atoms with Crippen molar-refractivity contribution in [2.45, 2.75) is 6.54 Å². The number of benzene rings is 3. The third-order valence-corrected chi connectivity index (χ3v) is 4.18. The van der Waals surface area contributed by atoms with Crippen molar-refractivity contribution in [3.63, 3.8) is 0 Å². The van der Waals surface area contributed by atoms with E-state index in [1.807, 2.05) is 72.8 Å². The van der Waals surface area contributed by atoms with E-state index in [0.717, 1.165) is 22.4 Å². The molecule has 0 aliphatic heterocycles. The summed E-state index contributed by atoms with van der Waals surface area (Å²) in [6, 6.07) is 23.0. The summed E-state index contributed by atoms with van der Waals surface area (Å²) < 4.78 is 10.6. The van der Waals surface area contributed by atoms with Gasteiger partial charge in [-0.25, -0.2) is 0 Å². The molecule has 26 heavy (non-hydrogen) atoms. The van der Waals surface area contributed by atoms with Gasteiger partial charge < -0.3 is 14.8 Å². The number of methoxy groups -OCH3 is 2. The maximum Gasteiger partial charge on any atom is 0.252 e. The largest absolute Gasteiger partial charge is 0.497 e. The van der Waals surface area contributed by atoms with E-state index < -0.39 is 0 Å². The molecular weight excluding hydrogens is 326 g/mol. The molecule has 132 valence electrons. The van der Waals surface area contributed by atoms with Gasteiger partial charge in [0.25, 0.3) is 5.91 Å². The van der Waals surface area contributed by atoms with Gasteiger partial charge in [0.2, 0.25) is 0 Å². The van der Waals surface area contributed by atoms with E-state index in [0.29, 0.717) is 17.9 Å². The lowest BCUT2D eigenvalue weighted by Crippen LogP contribution is -2.23. The van der Waals surface area contributed by atoms with Crippen LogP contribution in [0.25, 0.3) is 11.1 Å². The highest BCUT2D eigenvalue weighted by Crippen LogP contribution is 2.25. The van der Waals surface area contributed by atoms with Crippen molar-refractivity contribution < 1.29 is 14.3 Å². The highest BCUT2D eigenvalue weighted by molar-refractivity contribution is 6.00. The number of hydrogen-bond acceptors (Lipinski definition) is 3. The first-order valence-electron chi connectivity index (χ1n) is 8.36. The maximum atomic E-state index is 12.8. The van der Waals surface area contributed by atoms with E-state index in [4.69, 9.17) is 9.47 Å². The Labute approximate surface area is 153 Å². The number of carbonyl (C=O) groups is 1. The van der Waals surface area contributed by atoms with Crippen LogP contribution in [0, 0.1) is 0 Å². The molecule has 0 heterocycles. The second kappa shape index (κ2) is 8.21. The lowest BCUT2D eigenvalue weighted by atomic mass is 9.99. The van der Waals surface area contributed by atoms with Gasteiger partial charge in [-0.3, -0.25) is 4.79 Å². The van der Waals surface area contributed by atoms with E-state index >= 15 is 0 Å². The van der Waals surface area contributed by atoms with Gasteiger partial charge in [-0.1, -0.05) is 48.5 Å². The Morgan fingerprint density at radius 1 is 0.885 bits per heavy atom. The lowest BCUT2D eigenvalue weighted by molar-refractivity contribution is 0.0951.